The SMILES string of the molecule is COCc1c(F)c(F)c(C[O][Zr]([O]C)([O]C)[O]C)c(F)c1F. The fraction of sp³-hybridized carbons (Fsp3) is 0.500. The minimum atomic E-state index is -4.41. The third kappa shape index (κ3) is 3.93. The molecule has 1 aromatic rings. The van der Waals surface area contributed by atoms with Crippen LogP contribution in [0.2, 0.25) is 0 Å². The van der Waals surface area contributed by atoms with Gasteiger partial charge in [-0.15, -0.1) is 0 Å². The summed E-state index contributed by atoms with van der Waals surface area (Å²) in [5.41, 5.74) is -1.75. The summed E-state index contributed by atoms with van der Waals surface area (Å²) in [6, 6.07) is 0. The second-order valence-electron chi connectivity index (χ2n) is 4.05. The molecule has 1 rings (SSSR count). The van der Waals surface area contributed by atoms with E-state index in [9.17, 15) is 17.6 Å². The standard InChI is InChI=1S/C9H7F4O2.3CH3O.Zr/c1-15-3-5-8(12)6(10)4(2-14)7(11)9(5)13;3*1-2;/h2-3H2,1H3;3*1H3;/q4*-1;+4. The third-order valence-corrected chi connectivity index (χ3v) is 7.79. The topological polar surface area (TPSA) is 46.2 Å². The first-order valence-corrected chi connectivity index (χ1v) is 10.0. The van der Waals surface area contributed by atoms with Crippen molar-refractivity contribution in [3.05, 3.63) is 34.4 Å². The van der Waals surface area contributed by atoms with Gasteiger partial charge in [0.25, 0.3) is 0 Å². The summed E-state index contributed by atoms with van der Waals surface area (Å²) in [5, 5.41) is 0. The molecule has 0 saturated heterocycles. The first-order valence-electron chi connectivity index (χ1n) is 5.99. The normalized spacial score (nSPS) is 12.0. The van der Waals surface area contributed by atoms with Crippen molar-refractivity contribution in [2.75, 3.05) is 28.4 Å². The number of ether oxygens (including phenoxy) is 1. The summed E-state index contributed by atoms with van der Waals surface area (Å²) in [6.45, 7) is -1.41. The molecule has 0 saturated carbocycles. The fourth-order valence-corrected chi connectivity index (χ4v) is 4.60. The van der Waals surface area contributed by atoms with Crippen molar-refractivity contribution >= 4 is 0 Å². The predicted octanol–water partition coefficient (Wildman–Crippen LogP) is 2.66. The van der Waals surface area contributed by atoms with Gasteiger partial charge >= 0.3 is 132 Å². The molecule has 0 fully saturated rings. The van der Waals surface area contributed by atoms with E-state index >= 15 is 0 Å². The Morgan fingerprint density at radius 1 is 0.682 bits per heavy atom. The minimum absolute atomic E-state index is 0.607. The maximum absolute atomic E-state index is 13.9. The van der Waals surface area contributed by atoms with Crippen LogP contribution in [0.1, 0.15) is 11.1 Å². The number of hydrogen-bond acceptors (Lipinski definition) is 5. The molecule has 1 aromatic carbocycles. The van der Waals surface area contributed by atoms with Crippen molar-refractivity contribution < 1.29 is 55.6 Å². The van der Waals surface area contributed by atoms with E-state index in [4.69, 9.17) is 11.3 Å². The van der Waals surface area contributed by atoms with E-state index < -0.39 is 69.6 Å². The monoisotopic (exact) mass is 406 g/mol. The first kappa shape index (κ1) is 19.7. The van der Waals surface area contributed by atoms with Crippen molar-refractivity contribution in [2.45, 2.75) is 13.2 Å². The van der Waals surface area contributed by atoms with Crippen LogP contribution in [-0.4, -0.2) is 28.4 Å². The molecule has 0 aliphatic heterocycles. The zero-order chi connectivity index (χ0) is 16.9. The van der Waals surface area contributed by atoms with Crippen LogP contribution in [-0.2, 0) is 51.2 Å². The van der Waals surface area contributed by atoms with Gasteiger partial charge in [0.05, 0.1) is 0 Å². The Kier molecular flexibility index (Phi) is 7.57. The average molecular weight is 407 g/mol. The van der Waals surface area contributed by atoms with Gasteiger partial charge in [-0.2, -0.15) is 0 Å². The van der Waals surface area contributed by atoms with Gasteiger partial charge in [0.2, 0.25) is 0 Å². The molecule has 0 N–H and O–H groups in total. The Labute approximate surface area is 131 Å². The number of methoxy groups -OCH3 is 1. The van der Waals surface area contributed by atoms with Gasteiger partial charge in [0, 0.05) is 0 Å². The van der Waals surface area contributed by atoms with Crippen LogP contribution < -0.4 is 0 Å². The number of hydrogen-bond donors (Lipinski definition) is 0. The van der Waals surface area contributed by atoms with Gasteiger partial charge in [0.15, 0.2) is 0 Å². The molecule has 0 atom stereocenters. The van der Waals surface area contributed by atoms with Crippen molar-refractivity contribution in [1.29, 1.82) is 0 Å². The molecular formula is C12H16F4O5Zr. The van der Waals surface area contributed by atoms with E-state index in [-0.39, 0.29) is 0 Å². The second-order valence-corrected chi connectivity index (χ2v) is 10.2. The van der Waals surface area contributed by atoms with Crippen molar-refractivity contribution in [1.82, 2.24) is 0 Å². The third-order valence-electron chi connectivity index (χ3n) is 2.88. The molecule has 0 aliphatic carbocycles. The molecule has 0 radical (unpaired) electrons. The average Bonchev–Trinajstić information content (AvgIpc) is 2.54. The maximum atomic E-state index is 13.9. The van der Waals surface area contributed by atoms with E-state index in [1.54, 1.807) is 0 Å². The van der Waals surface area contributed by atoms with Gasteiger partial charge in [-0.3, -0.25) is 0 Å². The Morgan fingerprint density at radius 2 is 1.05 bits per heavy atom. The zero-order valence-corrected chi connectivity index (χ0v) is 14.9. The van der Waals surface area contributed by atoms with Gasteiger partial charge in [-0.1, -0.05) is 0 Å². The number of rotatable bonds is 8. The van der Waals surface area contributed by atoms with E-state index in [2.05, 4.69) is 4.74 Å². The van der Waals surface area contributed by atoms with Gasteiger partial charge < -0.3 is 0 Å². The summed E-state index contributed by atoms with van der Waals surface area (Å²) in [7, 11) is 4.85. The summed E-state index contributed by atoms with van der Waals surface area (Å²) >= 11 is -4.41. The molecule has 0 aromatic heterocycles. The zero-order valence-electron chi connectivity index (χ0n) is 12.5. The summed E-state index contributed by atoms with van der Waals surface area (Å²) < 4.78 is 79.8. The fourth-order valence-electron chi connectivity index (χ4n) is 1.71. The molecule has 0 heterocycles. The Hall–Kier alpha value is -0.377. The summed E-state index contributed by atoms with van der Waals surface area (Å²) in [4.78, 5) is 0. The molecule has 0 spiro atoms. The van der Waals surface area contributed by atoms with Crippen LogP contribution in [0.3, 0.4) is 0 Å². The molecule has 10 heteroatoms. The Morgan fingerprint density at radius 3 is 1.36 bits per heavy atom. The van der Waals surface area contributed by atoms with E-state index in [1.807, 2.05) is 0 Å². The van der Waals surface area contributed by atoms with Crippen molar-refractivity contribution in [2.24, 2.45) is 0 Å². The van der Waals surface area contributed by atoms with Crippen LogP contribution in [0.25, 0.3) is 0 Å². The number of halogens is 4. The van der Waals surface area contributed by atoms with Gasteiger partial charge in [0.1, 0.15) is 0 Å². The summed E-state index contributed by atoms with van der Waals surface area (Å²) in [6.07, 6.45) is 0. The Balaban J connectivity index is 3.16. The molecule has 0 amide bonds. The molecule has 0 bridgehead atoms. The van der Waals surface area contributed by atoms with Gasteiger partial charge in [-0.05, 0) is 0 Å². The summed E-state index contributed by atoms with van der Waals surface area (Å²) in [5.74, 6) is -6.19. The van der Waals surface area contributed by atoms with Crippen molar-refractivity contribution in [3.8, 4) is 0 Å². The molecule has 126 valence electrons. The van der Waals surface area contributed by atoms with E-state index in [0.717, 1.165) is 7.11 Å². The van der Waals surface area contributed by atoms with Crippen LogP contribution in [0, 0.1) is 23.3 Å². The van der Waals surface area contributed by atoms with Crippen LogP contribution >= 0.6 is 0 Å². The quantitative estimate of drug-likeness (QED) is 0.490. The van der Waals surface area contributed by atoms with E-state index in [0.29, 0.717) is 0 Å². The van der Waals surface area contributed by atoms with Gasteiger partial charge in [-0.25, -0.2) is 0 Å². The van der Waals surface area contributed by atoms with Crippen LogP contribution in [0.5, 0.6) is 0 Å². The first-order chi connectivity index (χ1) is 10.4. The van der Waals surface area contributed by atoms with E-state index in [1.165, 1.54) is 21.3 Å². The van der Waals surface area contributed by atoms with Crippen LogP contribution in [0.15, 0.2) is 0 Å². The molecule has 0 unspecified atom stereocenters. The van der Waals surface area contributed by atoms with Crippen molar-refractivity contribution in [3.63, 3.8) is 0 Å². The molecule has 0 aliphatic rings. The predicted molar refractivity (Wildman–Crippen MR) is 62.8 cm³/mol. The Bertz CT molecular complexity index is 487. The van der Waals surface area contributed by atoms with Crippen LogP contribution in [0.4, 0.5) is 17.6 Å². The molecule has 5 nitrogen and oxygen atoms in total. The second kappa shape index (κ2) is 8.47. The number of benzene rings is 1. The molecular weight excluding hydrogens is 391 g/mol. The molecule has 22 heavy (non-hydrogen) atoms.